The molecule has 3 N–H and O–H groups in total. The monoisotopic (exact) mass is 291 g/mol. The molecule has 0 aromatic heterocycles. The Labute approximate surface area is 126 Å². The molecule has 0 heterocycles. The summed E-state index contributed by atoms with van der Waals surface area (Å²) in [6, 6.07) is 6.41. The topological polar surface area (TPSA) is 75.4 Å². The van der Waals surface area contributed by atoms with Gasteiger partial charge in [-0.25, -0.2) is 0 Å². The van der Waals surface area contributed by atoms with E-state index in [-0.39, 0.29) is 11.8 Å². The van der Waals surface area contributed by atoms with Crippen molar-refractivity contribution in [3.63, 3.8) is 0 Å². The summed E-state index contributed by atoms with van der Waals surface area (Å²) in [4.78, 5) is 25.7. The number of carbonyl (C=O) groups excluding carboxylic acids is 2. The molecule has 0 saturated heterocycles. The normalized spacial score (nSPS) is 11.8. The maximum absolute atomic E-state index is 12.2. The zero-order chi connectivity index (χ0) is 15.8. The van der Waals surface area contributed by atoms with Crippen LogP contribution in [0.4, 0.5) is 5.69 Å². The van der Waals surface area contributed by atoms with E-state index < -0.39 is 6.04 Å². The maximum atomic E-state index is 12.2. The summed E-state index contributed by atoms with van der Waals surface area (Å²) in [5.74, 6) is -0.194. The van der Waals surface area contributed by atoms with E-state index in [2.05, 4.69) is 5.32 Å². The molecular weight excluding hydrogens is 266 g/mol. The molecule has 0 bridgehead atoms. The van der Waals surface area contributed by atoms with Crippen molar-refractivity contribution in [2.75, 3.05) is 18.4 Å². The van der Waals surface area contributed by atoms with Crippen LogP contribution in [0.1, 0.15) is 44.0 Å². The minimum atomic E-state index is -0.494. The van der Waals surface area contributed by atoms with Crippen molar-refractivity contribution in [2.24, 2.45) is 5.73 Å². The van der Waals surface area contributed by atoms with E-state index in [1.165, 1.54) is 0 Å². The van der Waals surface area contributed by atoms with Gasteiger partial charge in [0.25, 0.3) is 5.91 Å². The number of carbonyl (C=O) groups is 2. The molecule has 0 aliphatic carbocycles. The van der Waals surface area contributed by atoms with Crippen LogP contribution in [0.25, 0.3) is 0 Å². The first-order valence-electron chi connectivity index (χ1n) is 7.49. The molecular formula is C16H25N3O2. The molecule has 0 spiro atoms. The summed E-state index contributed by atoms with van der Waals surface area (Å²) in [5.41, 5.74) is 7.03. The SMILES string of the molecule is CCC[C@H](N)C(=O)Nc1ccc(C(=O)N(CC)CC)cc1. The number of benzene rings is 1. The standard InChI is InChI=1S/C16H25N3O2/c1-4-7-14(17)15(20)18-13-10-8-12(9-11-13)16(21)19(5-2)6-3/h8-11,14H,4-7,17H2,1-3H3,(H,18,20)/t14-/m0/s1. The number of anilines is 1. The van der Waals surface area contributed by atoms with E-state index in [0.717, 1.165) is 6.42 Å². The number of amides is 2. The Kier molecular flexibility index (Phi) is 6.88. The molecule has 0 radical (unpaired) electrons. The highest BCUT2D eigenvalue weighted by molar-refractivity contribution is 5.97. The van der Waals surface area contributed by atoms with Gasteiger partial charge in [-0.2, -0.15) is 0 Å². The van der Waals surface area contributed by atoms with Crippen LogP contribution < -0.4 is 11.1 Å². The summed E-state index contributed by atoms with van der Waals surface area (Å²) in [6.45, 7) is 7.25. The molecule has 1 aromatic carbocycles. The second-order valence-corrected chi connectivity index (χ2v) is 4.94. The average molecular weight is 291 g/mol. The third-order valence-corrected chi connectivity index (χ3v) is 3.39. The van der Waals surface area contributed by atoms with Crippen molar-refractivity contribution < 1.29 is 9.59 Å². The molecule has 21 heavy (non-hydrogen) atoms. The van der Waals surface area contributed by atoms with Gasteiger partial charge in [0.05, 0.1) is 6.04 Å². The van der Waals surface area contributed by atoms with E-state index in [1.54, 1.807) is 29.2 Å². The second-order valence-electron chi connectivity index (χ2n) is 4.94. The second kappa shape index (κ2) is 8.42. The average Bonchev–Trinajstić information content (AvgIpc) is 2.49. The third-order valence-electron chi connectivity index (χ3n) is 3.39. The lowest BCUT2D eigenvalue weighted by molar-refractivity contribution is -0.117. The van der Waals surface area contributed by atoms with Gasteiger partial charge >= 0.3 is 0 Å². The highest BCUT2D eigenvalue weighted by Gasteiger charge is 2.14. The van der Waals surface area contributed by atoms with Crippen molar-refractivity contribution in [3.05, 3.63) is 29.8 Å². The molecule has 0 aliphatic heterocycles. The van der Waals surface area contributed by atoms with Crippen LogP contribution in [0.2, 0.25) is 0 Å². The van der Waals surface area contributed by atoms with Crippen molar-refractivity contribution in [1.82, 2.24) is 4.90 Å². The van der Waals surface area contributed by atoms with Crippen LogP contribution in [0.5, 0.6) is 0 Å². The van der Waals surface area contributed by atoms with Crippen molar-refractivity contribution in [2.45, 2.75) is 39.7 Å². The Hall–Kier alpha value is -1.88. The van der Waals surface area contributed by atoms with Gasteiger partial charge in [-0.3, -0.25) is 9.59 Å². The van der Waals surface area contributed by atoms with Crippen molar-refractivity contribution >= 4 is 17.5 Å². The van der Waals surface area contributed by atoms with Crippen molar-refractivity contribution in [1.29, 1.82) is 0 Å². The molecule has 1 rings (SSSR count). The van der Waals surface area contributed by atoms with Gasteiger partial charge < -0.3 is 16.0 Å². The van der Waals surface area contributed by atoms with Gasteiger partial charge in [0.15, 0.2) is 0 Å². The quantitative estimate of drug-likeness (QED) is 0.809. The predicted octanol–water partition coefficient (Wildman–Crippen LogP) is 2.23. The molecule has 2 amide bonds. The summed E-state index contributed by atoms with van der Waals surface area (Å²) in [6.07, 6.45) is 1.52. The Balaban J connectivity index is 2.70. The Morgan fingerprint density at radius 2 is 1.71 bits per heavy atom. The van der Waals surface area contributed by atoms with Gasteiger partial charge in [-0.15, -0.1) is 0 Å². The van der Waals surface area contributed by atoms with E-state index in [1.807, 2.05) is 20.8 Å². The number of rotatable bonds is 7. The highest BCUT2D eigenvalue weighted by Crippen LogP contribution is 2.12. The van der Waals surface area contributed by atoms with Crippen LogP contribution in [0, 0.1) is 0 Å². The number of hydrogen-bond donors (Lipinski definition) is 2. The van der Waals surface area contributed by atoms with Crippen LogP contribution in [0.3, 0.4) is 0 Å². The number of nitrogens with one attached hydrogen (secondary N) is 1. The zero-order valence-electron chi connectivity index (χ0n) is 13.1. The van der Waals surface area contributed by atoms with E-state index in [9.17, 15) is 9.59 Å². The molecule has 0 fully saturated rings. The predicted molar refractivity (Wildman–Crippen MR) is 85.2 cm³/mol. The smallest absolute Gasteiger partial charge is 0.253 e. The van der Waals surface area contributed by atoms with Crippen LogP contribution >= 0.6 is 0 Å². The lowest BCUT2D eigenvalue weighted by atomic mass is 10.1. The van der Waals surface area contributed by atoms with Crippen LogP contribution in [0.15, 0.2) is 24.3 Å². The van der Waals surface area contributed by atoms with Gasteiger partial charge in [-0.1, -0.05) is 13.3 Å². The fraction of sp³-hybridized carbons (Fsp3) is 0.500. The summed E-state index contributed by atoms with van der Waals surface area (Å²) >= 11 is 0. The largest absolute Gasteiger partial charge is 0.339 e. The van der Waals surface area contributed by atoms with E-state index in [0.29, 0.717) is 30.8 Å². The van der Waals surface area contributed by atoms with Crippen molar-refractivity contribution in [3.8, 4) is 0 Å². The third kappa shape index (κ3) is 4.86. The highest BCUT2D eigenvalue weighted by atomic mass is 16.2. The molecule has 5 nitrogen and oxygen atoms in total. The molecule has 0 unspecified atom stereocenters. The summed E-state index contributed by atoms with van der Waals surface area (Å²) < 4.78 is 0. The first-order valence-corrected chi connectivity index (χ1v) is 7.49. The molecule has 5 heteroatoms. The Morgan fingerprint density at radius 3 is 2.19 bits per heavy atom. The Morgan fingerprint density at radius 1 is 1.14 bits per heavy atom. The fourth-order valence-electron chi connectivity index (χ4n) is 2.07. The molecule has 0 aliphatic rings. The first-order chi connectivity index (χ1) is 10.0. The summed E-state index contributed by atoms with van der Waals surface area (Å²) in [5, 5.41) is 2.76. The number of hydrogen-bond acceptors (Lipinski definition) is 3. The molecule has 0 saturated carbocycles. The molecule has 1 aromatic rings. The maximum Gasteiger partial charge on any atom is 0.253 e. The zero-order valence-corrected chi connectivity index (χ0v) is 13.1. The Bertz CT molecular complexity index is 467. The lowest BCUT2D eigenvalue weighted by Gasteiger charge is -2.18. The van der Waals surface area contributed by atoms with Gasteiger partial charge in [0.1, 0.15) is 0 Å². The number of nitrogens with zero attached hydrogens (tertiary/aromatic N) is 1. The fourth-order valence-corrected chi connectivity index (χ4v) is 2.07. The van der Waals surface area contributed by atoms with Crippen LogP contribution in [-0.4, -0.2) is 35.8 Å². The van der Waals surface area contributed by atoms with Gasteiger partial charge in [-0.05, 0) is 44.5 Å². The first kappa shape index (κ1) is 17.2. The van der Waals surface area contributed by atoms with E-state index >= 15 is 0 Å². The minimum Gasteiger partial charge on any atom is -0.339 e. The summed E-state index contributed by atoms with van der Waals surface area (Å²) in [7, 11) is 0. The molecule has 1 atom stereocenters. The van der Waals surface area contributed by atoms with Gasteiger partial charge in [0, 0.05) is 24.3 Å². The lowest BCUT2D eigenvalue weighted by Crippen LogP contribution is -2.35. The van der Waals surface area contributed by atoms with Crippen LogP contribution in [-0.2, 0) is 4.79 Å². The molecule has 116 valence electrons. The minimum absolute atomic E-state index is 0.000519. The number of nitrogens with two attached hydrogens (primary N) is 1. The van der Waals surface area contributed by atoms with Gasteiger partial charge in [0.2, 0.25) is 5.91 Å². The van der Waals surface area contributed by atoms with E-state index in [4.69, 9.17) is 5.73 Å².